The summed E-state index contributed by atoms with van der Waals surface area (Å²) < 4.78 is 43.6. The third kappa shape index (κ3) is 4.46. The number of hydrogen-bond donors (Lipinski definition) is 2. The normalized spacial score (nSPS) is 11.4. The van der Waals surface area contributed by atoms with Crippen LogP contribution in [0.4, 0.5) is 15.8 Å². The van der Waals surface area contributed by atoms with Crippen LogP contribution in [0.2, 0.25) is 0 Å². The lowest BCUT2D eigenvalue weighted by atomic mass is 10.2. The summed E-state index contributed by atoms with van der Waals surface area (Å²) >= 11 is 0. The molecule has 2 N–H and O–H groups in total. The van der Waals surface area contributed by atoms with Gasteiger partial charge in [0.15, 0.2) is 0 Å². The Hall–Kier alpha value is -4.05. The Morgan fingerprint density at radius 3 is 2.42 bits per heavy atom. The number of sulfonamides is 1. The molecule has 8 nitrogen and oxygen atoms in total. The maximum atomic E-state index is 14.5. The quantitative estimate of drug-likeness (QED) is 0.467. The molecule has 3 aromatic carbocycles. The number of anilines is 2. The van der Waals surface area contributed by atoms with Crippen LogP contribution in [-0.2, 0) is 14.8 Å². The molecule has 4 aromatic rings. The second-order valence-corrected chi connectivity index (χ2v) is 8.97. The third-order valence-electron chi connectivity index (χ3n) is 4.88. The highest BCUT2D eigenvalue weighted by Crippen LogP contribution is 2.24. The molecule has 0 radical (unpaired) electrons. The van der Waals surface area contributed by atoms with Gasteiger partial charge in [-0.05, 0) is 61.5 Å². The van der Waals surface area contributed by atoms with Crippen molar-refractivity contribution in [2.24, 2.45) is 0 Å². The standard InChI is InChI=1S/C23H19FN4O4S/c1-14-25-21-6-4-3-5-19(21)23(30)28(14)17-9-12-20(24)22(13-17)27-33(31,32)18-10-7-16(8-11-18)26-15(2)29/h3-13,27H,1-2H3,(H,26,29). The third-order valence-corrected chi connectivity index (χ3v) is 6.26. The number of hydrogen-bond acceptors (Lipinski definition) is 5. The fraction of sp³-hybridized carbons (Fsp3) is 0.0870. The maximum absolute atomic E-state index is 14.5. The van der Waals surface area contributed by atoms with Crippen LogP contribution in [0.15, 0.2) is 76.4 Å². The number of amides is 1. The van der Waals surface area contributed by atoms with Crippen LogP contribution >= 0.6 is 0 Å². The first-order chi connectivity index (χ1) is 15.7. The summed E-state index contributed by atoms with van der Waals surface area (Å²) in [6.07, 6.45) is 0. The van der Waals surface area contributed by atoms with Crippen LogP contribution in [0.1, 0.15) is 12.7 Å². The first-order valence-corrected chi connectivity index (χ1v) is 11.3. The van der Waals surface area contributed by atoms with Gasteiger partial charge in [-0.1, -0.05) is 12.1 Å². The van der Waals surface area contributed by atoms with Gasteiger partial charge in [-0.2, -0.15) is 0 Å². The smallest absolute Gasteiger partial charge is 0.265 e. The number of fused-ring (bicyclic) bond motifs is 1. The van der Waals surface area contributed by atoms with Gasteiger partial charge in [-0.3, -0.25) is 18.9 Å². The Kier molecular flexibility index (Phi) is 5.69. The van der Waals surface area contributed by atoms with E-state index in [0.29, 0.717) is 22.4 Å². The number of carbonyl (C=O) groups excluding carboxylic acids is 1. The van der Waals surface area contributed by atoms with E-state index < -0.39 is 15.8 Å². The zero-order valence-corrected chi connectivity index (χ0v) is 18.5. The molecule has 0 spiro atoms. The molecule has 1 amide bonds. The Bertz CT molecular complexity index is 1550. The number of carbonyl (C=O) groups is 1. The number of aromatic nitrogens is 2. The number of benzene rings is 3. The van der Waals surface area contributed by atoms with Crippen molar-refractivity contribution in [3.63, 3.8) is 0 Å². The minimum absolute atomic E-state index is 0.123. The zero-order chi connectivity index (χ0) is 23.8. The van der Waals surface area contributed by atoms with Gasteiger partial charge >= 0.3 is 0 Å². The lowest BCUT2D eigenvalue weighted by molar-refractivity contribution is -0.114. The number of nitrogens with zero attached hydrogens (tertiary/aromatic N) is 2. The van der Waals surface area contributed by atoms with Crippen LogP contribution in [0.5, 0.6) is 0 Å². The number of rotatable bonds is 5. The average Bonchev–Trinajstić information content (AvgIpc) is 2.76. The highest BCUT2D eigenvalue weighted by molar-refractivity contribution is 7.92. The molecular formula is C23H19FN4O4S. The van der Waals surface area contributed by atoms with E-state index in [0.717, 1.165) is 6.07 Å². The Labute approximate surface area is 188 Å². The van der Waals surface area contributed by atoms with Crippen molar-refractivity contribution >= 4 is 38.2 Å². The van der Waals surface area contributed by atoms with Gasteiger partial charge in [-0.15, -0.1) is 0 Å². The number of nitrogens with one attached hydrogen (secondary N) is 2. The predicted octanol–water partition coefficient (Wildman–Crippen LogP) is 3.59. The van der Waals surface area contributed by atoms with Crippen molar-refractivity contribution in [2.75, 3.05) is 10.0 Å². The second-order valence-electron chi connectivity index (χ2n) is 7.29. The maximum Gasteiger partial charge on any atom is 0.265 e. The summed E-state index contributed by atoms with van der Waals surface area (Å²) in [5, 5.41) is 2.92. The van der Waals surface area contributed by atoms with Gasteiger partial charge in [-0.25, -0.2) is 17.8 Å². The summed E-state index contributed by atoms with van der Waals surface area (Å²) in [6.45, 7) is 2.97. The fourth-order valence-electron chi connectivity index (χ4n) is 3.40. The van der Waals surface area contributed by atoms with Crippen LogP contribution in [0.3, 0.4) is 0 Å². The zero-order valence-electron chi connectivity index (χ0n) is 17.7. The molecule has 0 aliphatic carbocycles. The molecule has 0 aliphatic heterocycles. The average molecular weight is 466 g/mol. The number of aryl methyl sites for hydroxylation is 1. The molecule has 10 heteroatoms. The molecule has 0 saturated carbocycles. The molecule has 33 heavy (non-hydrogen) atoms. The van der Waals surface area contributed by atoms with Crippen LogP contribution in [-0.4, -0.2) is 23.9 Å². The molecule has 0 atom stereocenters. The first-order valence-electron chi connectivity index (χ1n) is 9.84. The summed E-state index contributed by atoms with van der Waals surface area (Å²) in [6, 6.07) is 16.0. The van der Waals surface area contributed by atoms with Crippen molar-refractivity contribution in [2.45, 2.75) is 18.7 Å². The fourth-order valence-corrected chi connectivity index (χ4v) is 4.46. The number of para-hydroxylation sites is 1. The first kappa shape index (κ1) is 22.2. The van der Waals surface area contributed by atoms with E-state index in [9.17, 15) is 22.4 Å². The Morgan fingerprint density at radius 1 is 1.03 bits per heavy atom. The minimum Gasteiger partial charge on any atom is -0.326 e. The van der Waals surface area contributed by atoms with Gasteiger partial charge in [0.2, 0.25) is 5.91 Å². The summed E-state index contributed by atoms with van der Waals surface area (Å²) in [4.78, 5) is 28.4. The van der Waals surface area contributed by atoms with E-state index in [4.69, 9.17) is 0 Å². The summed E-state index contributed by atoms with van der Waals surface area (Å²) in [5.74, 6) is -0.736. The van der Waals surface area contributed by atoms with E-state index >= 15 is 0 Å². The largest absolute Gasteiger partial charge is 0.326 e. The summed E-state index contributed by atoms with van der Waals surface area (Å²) in [7, 11) is -4.14. The monoisotopic (exact) mass is 466 g/mol. The van der Waals surface area contributed by atoms with E-state index in [2.05, 4.69) is 15.0 Å². The molecular weight excluding hydrogens is 447 g/mol. The SMILES string of the molecule is CC(=O)Nc1ccc(S(=O)(=O)Nc2cc(-n3c(C)nc4ccccc4c3=O)ccc2F)cc1. The molecule has 1 aromatic heterocycles. The molecule has 0 saturated heterocycles. The van der Waals surface area contributed by atoms with Gasteiger partial charge in [0.25, 0.3) is 15.6 Å². The van der Waals surface area contributed by atoms with E-state index in [-0.39, 0.29) is 27.7 Å². The van der Waals surface area contributed by atoms with Crippen LogP contribution in [0.25, 0.3) is 16.6 Å². The molecule has 0 unspecified atom stereocenters. The predicted molar refractivity (Wildman–Crippen MR) is 124 cm³/mol. The Morgan fingerprint density at radius 2 is 1.73 bits per heavy atom. The lowest BCUT2D eigenvalue weighted by Gasteiger charge is -2.14. The van der Waals surface area contributed by atoms with Crippen LogP contribution < -0.4 is 15.6 Å². The molecule has 168 valence electrons. The van der Waals surface area contributed by atoms with Gasteiger partial charge in [0, 0.05) is 12.6 Å². The molecule has 1 heterocycles. The van der Waals surface area contributed by atoms with Crippen molar-refractivity contribution < 1.29 is 17.6 Å². The van der Waals surface area contributed by atoms with E-state index in [1.54, 1.807) is 31.2 Å². The summed E-state index contributed by atoms with van der Waals surface area (Å²) in [5.41, 5.74) is 0.538. The van der Waals surface area contributed by atoms with Gasteiger partial charge < -0.3 is 5.32 Å². The minimum atomic E-state index is -4.14. The molecule has 4 rings (SSSR count). The highest BCUT2D eigenvalue weighted by Gasteiger charge is 2.18. The van der Waals surface area contributed by atoms with Crippen molar-refractivity contribution in [3.8, 4) is 5.69 Å². The molecule has 0 bridgehead atoms. The van der Waals surface area contributed by atoms with Gasteiger partial charge in [0.05, 0.1) is 27.2 Å². The van der Waals surface area contributed by atoms with E-state index in [1.807, 2.05) is 0 Å². The topological polar surface area (TPSA) is 110 Å². The van der Waals surface area contributed by atoms with Crippen molar-refractivity contribution in [1.29, 1.82) is 0 Å². The highest BCUT2D eigenvalue weighted by atomic mass is 32.2. The Balaban J connectivity index is 1.72. The van der Waals surface area contributed by atoms with Crippen molar-refractivity contribution in [3.05, 3.63) is 88.7 Å². The van der Waals surface area contributed by atoms with Gasteiger partial charge in [0.1, 0.15) is 11.6 Å². The van der Waals surface area contributed by atoms with Crippen molar-refractivity contribution in [1.82, 2.24) is 9.55 Å². The van der Waals surface area contributed by atoms with E-state index in [1.165, 1.54) is 47.9 Å². The molecule has 0 aliphatic rings. The molecule has 0 fully saturated rings. The lowest BCUT2D eigenvalue weighted by Crippen LogP contribution is -2.22. The number of halogens is 1. The second kappa shape index (κ2) is 8.47. The van der Waals surface area contributed by atoms with Crippen LogP contribution in [0, 0.1) is 12.7 Å².